The molecule has 0 aromatic carbocycles. The highest BCUT2D eigenvalue weighted by molar-refractivity contribution is 4.96. The number of rotatable bonds is 4. The molecule has 0 aliphatic carbocycles. The molecule has 0 fully saturated rings. The summed E-state index contributed by atoms with van der Waals surface area (Å²) in [6.45, 7) is 0.640. The molecule has 11 heavy (non-hydrogen) atoms. The van der Waals surface area contributed by atoms with Gasteiger partial charge in [0.05, 0.1) is 5.69 Å². The molecule has 1 N–H and O–H groups in total. The van der Waals surface area contributed by atoms with Crippen LogP contribution in [0.5, 0.6) is 0 Å². The molecule has 4 heteroatoms. The third-order valence-electron chi connectivity index (χ3n) is 1.22. The molecule has 0 aliphatic heterocycles. The summed E-state index contributed by atoms with van der Waals surface area (Å²) in [5, 5.41) is 2.89. The molecule has 60 valence electrons. The maximum Gasteiger partial charge on any atom is 0.115 e. The molecule has 1 aromatic heterocycles. The van der Waals surface area contributed by atoms with Crippen molar-refractivity contribution in [1.82, 2.24) is 15.3 Å². The fourth-order valence-electron chi connectivity index (χ4n) is 0.706. The topological polar surface area (TPSA) is 37.8 Å². The Balaban J connectivity index is 2.28. The van der Waals surface area contributed by atoms with Gasteiger partial charge in [-0.05, 0) is 6.07 Å². The lowest BCUT2D eigenvalue weighted by Crippen LogP contribution is -2.16. The minimum absolute atomic E-state index is 0.342. The zero-order chi connectivity index (χ0) is 7.94. The SMILES string of the molecule is FCCNCc1ccncn1. The molecular formula is C7H10FN3. The second kappa shape index (κ2) is 4.73. The number of halogens is 1. The molecule has 1 heterocycles. The molecule has 0 radical (unpaired) electrons. The van der Waals surface area contributed by atoms with E-state index in [0.29, 0.717) is 13.1 Å². The van der Waals surface area contributed by atoms with Gasteiger partial charge in [0, 0.05) is 19.3 Å². The van der Waals surface area contributed by atoms with E-state index in [2.05, 4.69) is 15.3 Å². The molecule has 0 saturated carbocycles. The van der Waals surface area contributed by atoms with Crippen LogP contribution in [0, 0.1) is 0 Å². The first-order chi connectivity index (χ1) is 5.43. The number of nitrogens with zero attached hydrogens (tertiary/aromatic N) is 2. The van der Waals surface area contributed by atoms with Gasteiger partial charge in [-0.3, -0.25) is 0 Å². The van der Waals surface area contributed by atoms with E-state index in [1.165, 1.54) is 6.33 Å². The van der Waals surface area contributed by atoms with Gasteiger partial charge in [0.15, 0.2) is 0 Å². The van der Waals surface area contributed by atoms with Gasteiger partial charge in [-0.25, -0.2) is 14.4 Å². The van der Waals surface area contributed by atoms with Crippen LogP contribution >= 0.6 is 0 Å². The second-order valence-corrected chi connectivity index (χ2v) is 2.07. The van der Waals surface area contributed by atoms with Gasteiger partial charge < -0.3 is 5.32 Å². The Morgan fingerprint density at radius 2 is 2.45 bits per heavy atom. The highest BCUT2D eigenvalue weighted by Gasteiger charge is 1.90. The van der Waals surface area contributed by atoms with Crippen molar-refractivity contribution in [2.45, 2.75) is 6.54 Å². The van der Waals surface area contributed by atoms with Crippen LogP contribution in [0.1, 0.15) is 5.69 Å². The molecule has 0 unspecified atom stereocenters. The minimum atomic E-state index is -0.342. The van der Waals surface area contributed by atoms with Crippen molar-refractivity contribution in [3.05, 3.63) is 24.3 Å². The average Bonchev–Trinajstić information content (AvgIpc) is 2.07. The maximum absolute atomic E-state index is 11.6. The zero-order valence-electron chi connectivity index (χ0n) is 6.13. The van der Waals surface area contributed by atoms with Crippen molar-refractivity contribution < 1.29 is 4.39 Å². The fourth-order valence-corrected chi connectivity index (χ4v) is 0.706. The molecule has 0 amide bonds. The number of alkyl halides is 1. The first kappa shape index (κ1) is 8.07. The summed E-state index contributed by atoms with van der Waals surface area (Å²) in [6, 6.07) is 1.80. The summed E-state index contributed by atoms with van der Waals surface area (Å²) in [5.41, 5.74) is 0.883. The van der Waals surface area contributed by atoms with Crippen LogP contribution < -0.4 is 5.32 Å². The van der Waals surface area contributed by atoms with Gasteiger partial charge >= 0.3 is 0 Å². The Morgan fingerprint density at radius 3 is 3.09 bits per heavy atom. The highest BCUT2D eigenvalue weighted by Crippen LogP contribution is 1.88. The Labute approximate surface area is 64.7 Å². The summed E-state index contributed by atoms with van der Waals surface area (Å²) in [5.74, 6) is 0. The Bertz CT molecular complexity index is 190. The monoisotopic (exact) mass is 155 g/mol. The maximum atomic E-state index is 11.6. The molecule has 0 atom stereocenters. The highest BCUT2D eigenvalue weighted by atomic mass is 19.1. The van der Waals surface area contributed by atoms with E-state index >= 15 is 0 Å². The van der Waals surface area contributed by atoms with Crippen molar-refractivity contribution in [2.24, 2.45) is 0 Å². The van der Waals surface area contributed by atoms with Crippen LogP contribution in [0.3, 0.4) is 0 Å². The standard InChI is InChI=1S/C7H10FN3/c8-2-4-9-5-7-1-3-10-6-11-7/h1,3,6,9H,2,4-5H2. The van der Waals surface area contributed by atoms with E-state index in [1.54, 1.807) is 12.3 Å². The van der Waals surface area contributed by atoms with Crippen LogP contribution in [0.15, 0.2) is 18.6 Å². The largest absolute Gasteiger partial charge is 0.309 e. The predicted octanol–water partition coefficient (Wildman–Crippen LogP) is 0.536. The van der Waals surface area contributed by atoms with E-state index in [-0.39, 0.29) is 6.67 Å². The lowest BCUT2D eigenvalue weighted by atomic mass is 10.4. The van der Waals surface area contributed by atoms with Gasteiger partial charge in [0.2, 0.25) is 0 Å². The zero-order valence-corrected chi connectivity index (χ0v) is 6.13. The Hall–Kier alpha value is -1.03. The molecule has 0 saturated heterocycles. The minimum Gasteiger partial charge on any atom is -0.309 e. The predicted molar refractivity (Wildman–Crippen MR) is 39.7 cm³/mol. The summed E-state index contributed by atoms with van der Waals surface area (Å²) in [6.07, 6.45) is 3.14. The number of hydrogen-bond acceptors (Lipinski definition) is 3. The van der Waals surface area contributed by atoms with Gasteiger partial charge in [-0.15, -0.1) is 0 Å². The van der Waals surface area contributed by atoms with Gasteiger partial charge in [0.25, 0.3) is 0 Å². The lowest BCUT2D eigenvalue weighted by molar-refractivity contribution is 0.465. The van der Waals surface area contributed by atoms with Gasteiger partial charge in [-0.1, -0.05) is 0 Å². The van der Waals surface area contributed by atoms with Crippen molar-refractivity contribution in [3.8, 4) is 0 Å². The van der Waals surface area contributed by atoms with E-state index < -0.39 is 0 Å². The quantitative estimate of drug-likeness (QED) is 0.645. The van der Waals surface area contributed by atoms with Crippen LogP contribution in [0.25, 0.3) is 0 Å². The van der Waals surface area contributed by atoms with Crippen molar-refractivity contribution in [1.29, 1.82) is 0 Å². The molecule has 1 rings (SSSR count). The second-order valence-electron chi connectivity index (χ2n) is 2.07. The van der Waals surface area contributed by atoms with E-state index in [9.17, 15) is 4.39 Å². The van der Waals surface area contributed by atoms with Crippen LogP contribution in [0.4, 0.5) is 4.39 Å². The van der Waals surface area contributed by atoms with Gasteiger partial charge in [-0.2, -0.15) is 0 Å². The molecule has 1 aromatic rings. The van der Waals surface area contributed by atoms with Crippen molar-refractivity contribution in [2.75, 3.05) is 13.2 Å². The molecule has 0 bridgehead atoms. The number of nitrogens with one attached hydrogen (secondary N) is 1. The van der Waals surface area contributed by atoms with Crippen LogP contribution in [-0.2, 0) is 6.54 Å². The summed E-state index contributed by atoms with van der Waals surface area (Å²) >= 11 is 0. The smallest absolute Gasteiger partial charge is 0.115 e. The lowest BCUT2D eigenvalue weighted by Gasteiger charge is -1.99. The summed E-state index contributed by atoms with van der Waals surface area (Å²) in [4.78, 5) is 7.72. The van der Waals surface area contributed by atoms with Crippen molar-refractivity contribution >= 4 is 0 Å². The summed E-state index contributed by atoms with van der Waals surface area (Å²) in [7, 11) is 0. The van der Waals surface area contributed by atoms with Crippen LogP contribution in [0.2, 0.25) is 0 Å². The molecule has 0 spiro atoms. The third-order valence-corrected chi connectivity index (χ3v) is 1.22. The first-order valence-corrected chi connectivity index (χ1v) is 3.45. The van der Waals surface area contributed by atoms with Crippen LogP contribution in [-0.4, -0.2) is 23.2 Å². The van der Waals surface area contributed by atoms with E-state index in [1.807, 2.05) is 0 Å². The first-order valence-electron chi connectivity index (χ1n) is 3.45. The van der Waals surface area contributed by atoms with Gasteiger partial charge in [0.1, 0.15) is 13.0 Å². The molecule has 0 aliphatic rings. The van der Waals surface area contributed by atoms with E-state index in [4.69, 9.17) is 0 Å². The summed E-state index contributed by atoms with van der Waals surface area (Å²) < 4.78 is 11.6. The number of aromatic nitrogens is 2. The average molecular weight is 155 g/mol. The Morgan fingerprint density at radius 1 is 1.55 bits per heavy atom. The van der Waals surface area contributed by atoms with E-state index in [0.717, 1.165) is 5.69 Å². The molecular weight excluding hydrogens is 145 g/mol. The Kier molecular flexibility index (Phi) is 3.47. The fraction of sp³-hybridized carbons (Fsp3) is 0.429. The van der Waals surface area contributed by atoms with Crippen molar-refractivity contribution in [3.63, 3.8) is 0 Å². The molecule has 3 nitrogen and oxygen atoms in total. The third kappa shape index (κ3) is 3.04. The normalized spacial score (nSPS) is 9.91. The number of hydrogen-bond donors (Lipinski definition) is 1.